The summed E-state index contributed by atoms with van der Waals surface area (Å²) in [6.45, 7) is 7.62. The Morgan fingerprint density at radius 2 is 2.04 bits per heavy atom. The van der Waals surface area contributed by atoms with E-state index in [1.54, 1.807) is 6.92 Å². The van der Waals surface area contributed by atoms with Crippen molar-refractivity contribution in [2.45, 2.75) is 46.6 Å². The van der Waals surface area contributed by atoms with Crippen LogP contribution in [-0.4, -0.2) is 22.0 Å². The average molecular weight is 352 g/mol. The van der Waals surface area contributed by atoms with Crippen LogP contribution in [0.25, 0.3) is 0 Å². The summed E-state index contributed by atoms with van der Waals surface area (Å²) < 4.78 is 0. The van der Waals surface area contributed by atoms with E-state index in [4.69, 9.17) is 5.11 Å². The minimum Gasteiger partial charge on any atom is -0.477 e. The summed E-state index contributed by atoms with van der Waals surface area (Å²) in [5.74, 6) is -1.12. The predicted molar refractivity (Wildman–Crippen MR) is 92.7 cm³/mol. The highest BCUT2D eigenvalue weighted by molar-refractivity contribution is 7.14. The Labute approximate surface area is 143 Å². The second kappa shape index (κ2) is 7.23. The molecule has 7 heteroatoms. The molecule has 5 nitrogen and oxygen atoms in total. The van der Waals surface area contributed by atoms with E-state index >= 15 is 0 Å². The van der Waals surface area contributed by atoms with Crippen LogP contribution >= 0.6 is 22.7 Å². The average Bonchev–Trinajstić information content (AvgIpc) is 3.03. The minimum absolute atomic E-state index is 0.141. The molecular weight excluding hydrogens is 332 g/mol. The molecule has 0 fully saturated rings. The second-order valence-electron chi connectivity index (χ2n) is 5.41. The monoisotopic (exact) mass is 352 g/mol. The van der Waals surface area contributed by atoms with Gasteiger partial charge in [0.05, 0.1) is 16.6 Å². The number of rotatable bonds is 6. The first kappa shape index (κ1) is 17.6. The van der Waals surface area contributed by atoms with Crippen LogP contribution in [0.4, 0.5) is 0 Å². The van der Waals surface area contributed by atoms with Crippen molar-refractivity contribution >= 4 is 34.6 Å². The van der Waals surface area contributed by atoms with Gasteiger partial charge < -0.3 is 10.4 Å². The Balaban J connectivity index is 2.12. The summed E-state index contributed by atoms with van der Waals surface area (Å²) >= 11 is 2.60. The molecule has 2 aromatic rings. The first-order valence-corrected chi connectivity index (χ1v) is 9.07. The lowest BCUT2D eigenvalue weighted by molar-refractivity contribution is 0.0701. The van der Waals surface area contributed by atoms with Crippen molar-refractivity contribution in [2.75, 3.05) is 0 Å². The van der Waals surface area contributed by atoms with Gasteiger partial charge in [0.25, 0.3) is 5.91 Å². The Morgan fingerprint density at radius 1 is 1.35 bits per heavy atom. The number of thiophene rings is 1. The number of thiazole rings is 1. The van der Waals surface area contributed by atoms with Crippen LogP contribution in [0.5, 0.6) is 0 Å². The molecule has 0 spiro atoms. The molecule has 0 aliphatic heterocycles. The Kier molecular flexibility index (Phi) is 5.54. The summed E-state index contributed by atoms with van der Waals surface area (Å²) in [6.07, 6.45) is 2.02. The van der Waals surface area contributed by atoms with Gasteiger partial charge in [0, 0.05) is 4.88 Å². The van der Waals surface area contributed by atoms with Gasteiger partial charge in [0.1, 0.15) is 9.88 Å². The molecular formula is C16H20N2O3S2. The summed E-state index contributed by atoms with van der Waals surface area (Å²) in [4.78, 5) is 29.8. The number of nitrogens with one attached hydrogen (secondary N) is 1. The van der Waals surface area contributed by atoms with Crippen LogP contribution in [0.3, 0.4) is 0 Å². The molecule has 0 bridgehead atoms. The maximum Gasteiger partial charge on any atom is 0.347 e. The number of nitrogens with zero attached hydrogens (tertiary/aromatic N) is 1. The van der Waals surface area contributed by atoms with Gasteiger partial charge in [0.15, 0.2) is 0 Å². The number of hydrogen-bond donors (Lipinski definition) is 2. The van der Waals surface area contributed by atoms with E-state index in [0.29, 0.717) is 15.6 Å². The number of carbonyl (C=O) groups is 2. The van der Waals surface area contributed by atoms with Crippen molar-refractivity contribution in [1.29, 1.82) is 0 Å². The fourth-order valence-corrected chi connectivity index (χ4v) is 4.16. The third-order valence-electron chi connectivity index (χ3n) is 3.49. The van der Waals surface area contributed by atoms with Crippen molar-refractivity contribution in [3.8, 4) is 0 Å². The van der Waals surface area contributed by atoms with E-state index in [2.05, 4.69) is 17.2 Å². The topological polar surface area (TPSA) is 79.3 Å². The molecule has 23 heavy (non-hydrogen) atoms. The van der Waals surface area contributed by atoms with Crippen LogP contribution in [0.15, 0.2) is 6.07 Å². The van der Waals surface area contributed by atoms with Crippen molar-refractivity contribution in [1.82, 2.24) is 10.3 Å². The SMILES string of the molecule is CCCc1cc(C(=O)NC(C)c2nc(C)c(C(=O)O)s2)sc1C. The van der Waals surface area contributed by atoms with Gasteiger partial charge in [0.2, 0.25) is 0 Å². The summed E-state index contributed by atoms with van der Waals surface area (Å²) in [7, 11) is 0. The lowest BCUT2D eigenvalue weighted by atomic mass is 10.1. The molecule has 1 atom stereocenters. The number of hydrogen-bond acceptors (Lipinski definition) is 5. The third-order valence-corrected chi connectivity index (χ3v) is 5.91. The molecule has 2 heterocycles. The van der Waals surface area contributed by atoms with E-state index in [-0.39, 0.29) is 16.8 Å². The van der Waals surface area contributed by atoms with Gasteiger partial charge in [-0.15, -0.1) is 22.7 Å². The highest BCUT2D eigenvalue weighted by atomic mass is 32.1. The fourth-order valence-electron chi connectivity index (χ4n) is 2.28. The van der Waals surface area contributed by atoms with Crippen molar-refractivity contribution in [3.05, 3.63) is 37.0 Å². The number of carboxylic acids is 1. The molecule has 0 aliphatic rings. The summed E-state index contributed by atoms with van der Waals surface area (Å²) in [5, 5.41) is 12.6. The van der Waals surface area contributed by atoms with Crippen LogP contribution < -0.4 is 5.32 Å². The number of aromatic carboxylic acids is 1. The second-order valence-corrected chi connectivity index (χ2v) is 7.70. The van der Waals surface area contributed by atoms with Crippen LogP contribution in [-0.2, 0) is 6.42 Å². The van der Waals surface area contributed by atoms with Crippen molar-refractivity contribution in [3.63, 3.8) is 0 Å². The number of aryl methyl sites for hydroxylation is 3. The molecule has 2 rings (SSSR count). The van der Waals surface area contributed by atoms with Gasteiger partial charge in [-0.2, -0.15) is 0 Å². The number of carboxylic acid groups (broad SMARTS) is 1. The highest BCUT2D eigenvalue weighted by Crippen LogP contribution is 2.26. The fraction of sp³-hybridized carbons (Fsp3) is 0.438. The molecule has 0 radical (unpaired) electrons. The van der Waals surface area contributed by atoms with Gasteiger partial charge >= 0.3 is 5.97 Å². The molecule has 0 saturated heterocycles. The van der Waals surface area contributed by atoms with E-state index < -0.39 is 5.97 Å². The molecule has 2 aromatic heterocycles. The normalized spacial score (nSPS) is 12.2. The maximum atomic E-state index is 12.4. The lowest BCUT2D eigenvalue weighted by Gasteiger charge is -2.09. The Morgan fingerprint density at radius 3 is 2.61 bits per heavy atom. The number of aromatic nitrogens is 1. The molecule has 1 unspecified atom stereocenters. The number of carbonyl (C=O) groups excluding carboxylic acids is 1. The molecule has 124 valence electrons. The van der Waals surface area contributed by atoms with Gasteiger partial charge in [-0.3, -0.25) is 4.79 Å². The van der Waals surface area contributed by atoms with E-state index in [1.165, 1.54) is 21.8 Å². The summed E-state index contributed by atoms with van der Waals surface area (Å²) in [5.41, 5.74) is 1.70. The largest absolute Gasteiger partial charge is 0.477 e. The highest BCUT2D eigenvalue weighted by Gasteiger charge is 2.20. The summed E-state index contributed by atoms with van der Waals surface area (Å²) in [6, 6.07) is 1.62. The number of amides is 1. The first-order valence-electron chi connectivity index (χ1n) is 7.44. The molecule has 2 N–H and O–H groups in total. The third kappa shape index (κ3) is 3.97. The van der Waals surface area contributed by atoms with Gasteiger partial charge in [-0.25, -0.2) is 9.78 Å². The van der Waals surface area contributed by atoms with Gasteiger partial charge in [-0.05, 0) is 38.8 Å². The zero-order valence-corrected chi connectivity index (χ0v) is 15.2. The molecule has 0 saturated carbocycles. The van der Waals surface area contributed by atoms with Crippen molar-refractivity contribution in [2.24, 2.45) is 0 Å². The van der Waals surface area contributed by atoms with E-state index in [0.717, 1.165) is 24.2 Å². The lowest BCUT2D eigenvalue weighted by Crippen LogP contribution is -2.25. The molecule has 0 aliphatic carbocycles. The van der Waals surface area contributed by atoms with E-state index in [9.17, 15) is 9.59 Å². The molecule has 0 aromatic carbocycles. The van der Waals surface area contributed by atoms with Crippen molar-refractivity contribution < 1.29 is 14.7 Å². The minimum atomic E-state index is -0.983. The Bertz CT molecular complexity index is 734. The molecule has 1 amide bonds. The maximum absolute atomic E-state index is 12.4. The smallest absolute Gasteiger partial charge is 0.347 e. The quantitative estimate of drug-likeness (QED) is 0.824. The Hall–Kier alpha value is -1.73. The standard InChI is InChI=1S/C16H20N2O3S2/c1-5-6-11-7-12(22-10(11)4)14(19)17-9(3)15-18-8(2)13(23-15)16(20)21/h7,9H,5-6H2,1-4H3,(H,17,19)(H,20,21). The predicted octanol–water partition coefficient (Wildman–Crippen LogP) is 3.96. The first-order chi connectivity index (χ1) is 10.8. The van der Waals surface area contributed by atoms with Crippen LogP contribution in [0.2, 0.25) is 0 Å². The van der Waals surface area contributed by atoms with Gasteiger partial charge in [-0.1, -0.05) is 13.3 Å². The van der Waals surface area contributed by atoms with Crippen LogP contribution in [0.1, 0.15) is 66.8 Å². The van der Waals surface area contributed by atoms with Crippen LogP contribution in [0, 0.1) is 13.8 Å². The zero-order valence-electron chi connectivity index (χ0n) is 13.6. The zero-order chi connectivity index (χ0) is 17.1. The van der Waals surface area contributed by atoms with E-state index in [1.807, 2.05) is 19.9 Å².